The van der Waals surface area contributed by atoms with Crippen molar-refractivity contribution < 1.29 is 9.47 Å². The summed E-state index contributed by atoms with van der Waals surface area (Å²) in [6, 6.07) is 0. The van der Waals surface area contributed by atoms with Crippen molar-refractivity contribution in [2.45, 2.75) is 50.1 Å². The van der Waals surface area contributed by atoms with Crippen LogP contribution in [-0.2, 0) is 9.47 Å². The third-order valence-electron chi connectivity index (χ3n) is 2.24. The standard InChI is InChI=1S/C10H19BrO2/c1-8(2)12-6-7-13-10-5-3-4-9(10)11/h8-10H,3-7H2,1-2H3. The molecule has 0 aromatic rings. The lowest BCUT2D eigenvalue weighted by molar-refractivity contribution is -0.00786. The Morgan fingerprint density at radius 2 is 2.08 bits per heavy atom. The van der Waals surface area contributed by atoms with Crippen molar-refractivity contribution in [1.29, 1.82) is 0 Å². The van der Waals surface area contributed by atoms with E-state index < -0.39 is 0 Å². The molecule has 0 amide bonds. The minimum Gasteiger partial charge on any atom is -0.376 e. The number of alkyl halides is 1. The van der Waals surface area contributed by atoms with Gasteiger partial charge in [0.15, 0.2) is 0 Å². The second kappa shape index (κ2) is 5.99. The quantitative estimate of drug-likeness (QED) is 0.552. The first-order chi connectivity index (χ1) is 6.20. The topological polar surface area (TPSA) is 18.5 Å². The van der Waals surface area contributed by atoms with Gasteiger partial charge in [-0.1, -0.05) is 15.9 Å². The SMILES string of the molecule is CC(C)OCCOC1CCCC1Br. The maximum atomic E-state index is 5.69. The summed E-state index contributed by atoms with van der Waals surface area (Å²) in [4.78, 5) is 0.562. The fourth-order valence-electron chi connectivity index (χ4n) is 1.55. The summed E-state index contributed by atoms with van der Waals surface area (Å²) in [6.45, 7) is 5.53. The lowest BCUT2D eigenvalue weighted by Gasteiger charge is -2.15. The Hall–Kier alpha value is 0.400. The van der Waals surface area contributed by atoms with Gasteiger partial charge < -0.3 is 9.47 Å². The molecule has 13 heavy (non-hydrogen) atoms. The van der Waals surface area contributed by atoms with Gasteiger partial charge in [0.05, 0.1) is 25.4 Å². The smallest absolute Gasteiger partial charge is 0.0704 e. The van der Waals surface area contributed by atoms with Crippen LogP contribution < -0.4 is 0 Å². The molecule has 0 N–H and O–H groups in total. The molecule has 78 valence electrons. The highest BCUT2D eigenvalue weighted by Gasteiger charge is 2.25. The lowest BCUT2D eigenvalue weighted by Crippen LogP contribution is -2.21. The molecule has 0 aromatic carbocycles. The molecule has 1 aliphatic carbocycles. The average Bonchev–Trinajstić information content (AvgIpc) is 2.45. The van der Waals surface area contributed by atoms with Crippen molar-refractivity contribution >= 4 is 15.9 Å². The Bertz CT molecular complexity index is 139. The first-order valence-electron chi connectivity index (χ1n) is 5.07. The highest BCUT2D eigenvalue weighted by atomic mass is 79.9. The number of rotatable bonds is 5. The second-order valence-corrected chi connectivity index (χ2v) is 4.95. The van der Waals surface area contributed by atoms with Crippen molar-refractivity contribution in [3.8, 4) is 0 Å². The van der Waals surface area contributed by atoms with Crippen LogP contribution in [0.1, 0.15) is 33.1 Å². The molecule has 0 bridgehead atoms. The Kier molecular flexibility index (Phi) is 5.29. The van der Waals surface area contributed by atoms with Crippen LogP contribution in [0.15, 0.2) is 0 Å². The summed E-state index contributed by atoms with van der Waals surface area (Å²) < 4.78 is 11.1. The second-order valence-electron chi connectivity index (χ2n) is 3.78. The zero-order chi connectivity index (χ0) is 9.68. The highest BCUT2D eigenvalue weighted by molar-refractivity contribution is 9.09. The summed E-state index contributed by atoms with van der Waals surface area (Å²) in [7, 11) is 0. The highest BCUT2D eigenvalue weighted by Crippen LogP contribution is 2.27. The first-order valence-corrected chi connectivity index (χ1v) is 5.99. The van der Waals surface area contributed by atoms with E-state index in [1.54, 1.807) is 0 Å². The zero-order valence-electron chi connectivity index (χ0n) is 8.46. The van der Waals surface area contributed by atoms with E-state index in [1.807, 2.05) is 13.8 Å². The van der Waals surface area contributed by atoms with Gasteiger partial charge >= 0.3 is 0 Å². The molecule has 2 atom stereocenters. The van der Waals surface area contributed by atoms with Gasteiger partial charge in [-0.05, 0) is 33.1 Å². The van der Waals surface area contributed by atoms with E-state index in [0.29, 0.717) is 23.6 Å². The van der Waals surface area contributed by atoms with E-state index in [4.69, 9.17) is 9.47 Å². The molecule has 0 spiro atoms. The Morgan fingerprint density at radius 1 is 1.31 bits per heavy atom. The summed E-state index contributed by atoms with van der Waals surface area (Å²) in [6.07, 6.45) is 4.45. The number of hydrogen-bond acceptors (Lipinski definition) is 2. The van der Waals surface area contributed by atoms with Crippen LogP contribution in [0.2, 0.25) is 0 Å². The van der Waals surface area contributed by atoms with Crippen LogP contribution in [-0.4, -0.2) is 30.2 Å². The van der Waals surface area contributed by atoms with E-state index in [0.717, 1.165) is 6.61 Å². The van der Waals surface area contributed by atoms with Gasteiger partial charge in [0.25, 0.3) is 0 Å². The predicted molar refractivity (Wildman–Crippen MR) is 57.4 cm³/mol. The van der Waals surface area contributed by atoms with Crippen molar-refractivity contribution in [3.05, 3.63) is 0 Å². The largest absolute Gasteiger partial charge is 0.376 e. The van der Waals surface area contributed by atoms with E-state index in [9.17, 15) is 0 Å². The number of hydrogen-bond donors (Lipinski definition) is 0. The van der Waals surface area contributed by atoms with Crippen molar-refractivity contribution in [3.63, 3.8) is 0 Å². The van der Waals surface area contributed by atoms with Gasteiger partial charge in [0.1, 0.15) is 0 Å². The molecule has 1 rings (SSSR count). The van der Waals surface area contributed by atoms with Gasteiger partial charge in [-0.15, -0.1) is 0 Å². The molecule has 0 heterocycles. The molecule has 3 heteroatoms. The molecule has 1 aliphatic rings. The van der Waals surface area contributed by atoms with Crippen LogP contribution in [0.4, 0.5) is 0 Å². The van der Waals surface area contributed by atoms with E-state index in [2.05, 4.69) is 15.9 Å². The minimum atomic E-state index is 0.312. The molecule has 1 saturated carbocycles. The molecular formula is C10H19BrO2. The normalized spacial score (nSPS) is 28.6. The van der Waals surface area contributed by atoms with E-state index in [1.165, 1.54) is 19.3 Å². The Balaban J connectivity index is 1.99. The molecule has 0 saturated heterocycles. The van der Waals surface area contributed by atoms with E-state index in [-0.39, 0.29) is 0 Å². The molecule has 0 aromatic heterocycles. The maximum absolute atomic E-state index is 5.69. The number of halogens is 1. The van der Waals surface area contributed by atoms with Crippen LogP contribution in [0.5, 0.6) is 0 Å². The van der Waals surface area contributed by atoms with Gasteiger partial charge in [-0.25, -0.2) is 0 Å². The monoisotopic (exact) mass is 250 g/mol. The molecule has 2 nitrogen and oxygen atoms in total. The average molecular weight is 251 g/mol. The van der Waals surface area contributed by atoms with Crippen molar-refractivity contribution in [1.82, 2.24) is 0 Å². The minimum absolute atomic E-state index is 0.312. The summed E-state index contributed by atoms with van der Waals surface area (Å²) in [5, 5.41) is 0. The summed E-state index contributed by atoms with van der Waals surface area (Å²) >= 11 is 3.62. The first kappa shape index (κ1) is 11.5. The van der Waals surface area contributed by atoms with Crippen molar-refractivity contribution in [2.75, 3.05) is 13.2 Å². The van der Waals surface area contributed by atoms with Crippen LogP contribution in [0, 0.1) is 0 Å². The number of ether oxygens (including phenoxy) is 2. The molecule has 0 aliphatic heterocycles. The summed E-state index contributed by atoms with van der Waals surface area (Å²) in [5.41, 5.74) is 0. The summed E-state index contributed by atoms with van der Waals surface area (Å²) in [5.74, 6) is 0. The van der Waals surface area contributed by atoms with Crippen LogP contribution in [0.25, 0.3) is 0 Å². The van der Waals surface area contributed by atoms with Crippen LogP contribution in [0.3, 0.4) is 0 Å². The zero-order valence-corrected chi connectivity index (χ0v) is 10.0. The molecule has 2 unspecified atom stereocenters. The Morgan fingerprint density at radius 3 is 2.62 bits per heavy atom. The van der Waals surface area contributed by atoms with Crippen LogP contribution >= 0.6 is 15.9 Å². The fourth-order valence-corrected chi connectivity index (χ4v) is 2.29. The third kappa shape index (κ3) is 4.43. The molecule has 1 fully saturated rings. The van der Waals surface area contributed by atoms with Gasteiger partial charge in [0, 0.05) is 4.83 Å². The lowest BCUT2D eigenvalue weighted by atomic mass is 10.3. The fraction of sp³-hybridized carbons (Fsp3) is 1.00. The molecule has 0 radical (unpaired) electrons. The van der Waals surface area contributed by atoms with E-state index >= 15 is 0 Å². The Labute approximate surface area is 89.1 Å². The molecular weight excluding hydrogens is 232 g/mol. The maximum Gasteiger partial charge on any atom is 0.0704 e. The third-order valence-corrected chi connectivity index (χ3v) is 3.29. The predicted octanol–water partition coefficient (Wildman–Crippen LogP) is 2.74. The van der Waals surface area contributed by atoms with Gasteiger partial charge in [-0.3, -0.25) is 0 Å². The van der Waals surface area contributed by atoms with Crippen molar-refractivity contribution in [2.24, 2.45) is 0 Å². The van der Waals surface area contributed by atoms with Gasteiger partial charge in [0.2, 0.25) is 0 Å². The van der Waals surface area contributed by atoms with Gasteiger partial charge in [-0.2, -0.15) is 0 Å².